The fraction of sp³-hybridized carbons (Fsp3) is 0.480. The van der Waals surface area contributed by atoms with Gasteiger partial charge in [-0.3, -0.25) is 14.4 Å². The van der Waals surface area contributed by atoms with Crippen LogP contribution >= 0.6 is 0 Å². The molecule has 0 bridgehead atoms. The molecule has 0 radical (unpaired) electrons. The number of carbonyl (C=O) groups excluding carboxylic acids is 3. The number of aliphatic hydroxyl groups excluding tert-OH is 1. The smallest absolute Gasteiger partial charge is 0.278 e. The monoisotopic (exact) mass is 471 g/mol. The second-order valence-corrected chi connectivity index (χ2v) is 9.00. The van der Waals surface area contributed by atoms with E-state index in [0.29, 0.717) is 0 Å². The molecule has 4 rings (SSSR count). The van der Waals surface area contributed by atoms with Gasteiger partial charge in [0.05, 0.1) is 0 Å². The van der Waals surface area contributed by atoms with Crippen molar-refractivity contribution in [2.24, 2.45) is 0 Å². The minimum Gasteiger partial charge on any atom is -0.467 e. The Morgan fingerprint density at radius 1 is 1.21 bits per heavy atom. The van der Waals surface area contributed by atoms with E-state index in [4.69, 9.17) is 18.9 Å². The maximum atomic E-state index is 13.5. The summed E-state index contributed by atoms with van der Waals surface area (Å²) >= 11 is 0. The average molecular weight is 472 g/mol. The quantitative estimate of drug-likeness (QED) is 0.366. The van der Waals surface area contributed by atoms with Gasteiger partial charge in [0.15, 0.2) is 11.9 Å². The van der Waals surface area contributed by atoms with Gasteiger partial charge in [-0.25, -0.2) is 0 Å². The highest BCUT2D eigenvalue weighted by Gasteiger charge is 2.74. The van der Waals surface area contributed by atoms with Crippen LogP contribution in [0.15, 0.2) is 53.8 Å². The van der Waals surface area contributed by atoms with E-state index in [-0.39, 0.29) is 16.9 Å². The number of ketones is 2. The molecule has 1 aromatic carbocycles. The number of benzene rings is 1. The van der Waals surface area contributed by atoms with Crippen LogP contribution in [0.1, 0.15) is 44.5 Å². The van der Waals surface area contributed by atoms with Gasteiger partial charge < -0.3 is 29.4 Å². The lowest BCUT2D eigenvalue weighted by Crippen LogP contribution is -2.60. The van der Waals surface area contributed by atoms with Crippen LogP contribution in [0, 0.1) is 0 Å². The van der Waals surface area contributed by atoms with E-state index in [9.17, 15) is 19.5 Å². The standard InChI is InChI=1S/C25H29NO8/c1-6-7-13-16-18(33-23(3,4)32-16)17-14(2)19(27)24(34-17)21(29)25(31-5,26-22(24)30)20(28)15-11-9-8-10-12-15/h7-13,16,18,21,29H,6H2,1-5H3,(H,26,30)/b13-7-/t16-,18+,21-,24-,25-/m1/s1. The summed E-state index contributed by atoms with van der Waals surface area (Å²) in [6, 6.07) is 8.05. The normalized spacial score (nSPS) is 34.8. The van der Waals surface area contributed by atoms with Gasteiger partial charge in [-0.05, 0) is 27.2 Å². The number of allylic oxidation sites excluding steroid dienone is 1. The summed E-state index contributed by atoms with van der Waals surface area (Å²) in [5, 5.41) is 13.8. The molecule has 0 saturated carbocycles. The van der Waals surface area contributed by atoms with Crippen LogP contribution in [0.2, 0.25) is 0 Å². The van der Waals surface area contributed by atoms with E-state index in [2.05, 4.69) is 5.32 Å². The molecule has 2 N–H and O–H groups in total. The highest BCUT2D eigenvalue weighted by molar-refractivity contribution is 6.23. The van der Waals surface area contributed by atoms with Gasteiger partial charge in [0.25, 0.3) is 11.5 Å². The molecule has 3 aliphatic heterocycles. The molecule has 182 valence electrons. The van der Waals surface area contributed by atoms with Crippen LogP contribution < -0.4 is 5.32 Å². The summed E-state index contributed by atoms with van der Waals surface area (Å²) in [6.07, 6.45) is 1.09. The zero-order chi connectivity index (χ0) is 24.9. The summed E-state index contributed by atoms with van der Waals surface area (Å²) in [5.41, 5.74) is -4.31. The molecule has 5 atom stereocenters. The maximum Gasteiger partial charge on any atom is 0.278 e. The zero-order valence-corrected chi connectivity index (χ0v) is 19.8. The molecule has 1 aromatic rings. The number of hydrogen-bond acceptors (Lipinski definition) is 8. The Balaban J connectivity index is 1.72. The van der Waals surface area contributed by atoms with Crippen molar-refractivity contribution in [3.8, 4) is 0 Å². The summed E-state index contributed by atoms with van der Waals surface area (Å²) in [4.78, 5) is 40.1. The molecule has 34 heavy (non-hydrogen) atoms. The van der Waals surface area contributed by atoms with Crippen LogP contribution in [0.25, 0.3) is 0 Å². The summed E-state index contributed by atoms with van der Waals surface area (Å²) in [7, 11) is 1.17. The lowest BCUT2D eigenvalue weighted by atomic mass is 9.85. The minimum absolute atomic E-state index is 0.0783. The topological polar surface area (TPSA) is 120 Å². The third-order valence-corrected chi connectivity index (χ3v) is 6.37. The number of aliphatic hydroxyl groups is 1. The van der Waals surface area contributed by atoms with Gasteiger partial charge in [-0.15, -0.1) is 0 Å². The minimum atomic E-state index is -2.39. The van der Waals surface area contributed by atoms with Gasteiger partial charge in [0.1, 0.15) is 18.0 Å². The summed E-state index contributed by atoms with van der Waals surface area (Å²) in [5.74, 6) is -3.34. The van der Waals surface area contributed by atoms with Crippen molar-refractivity contribution < 1.29 is 38.4 Å². The second kappa shape index (κ2) is 8.42. The van der Waals surface area contributed by atoms with Gasteiger partial charge in [0.2, 0.25) is 17.3 Å². The van der Waals surface area contributed by atoms with Crippen LogP contribution in [0.4, 0.5) is 0 Å². The fourth-order valence-corrected chi connectivity index (χ4v) is 4.67. The molecule has 9 heteroatoms. The first kappa shape index (κ1) is 24.3. The molecule has 1 amide bonds. The third-order valence-electron chi connectivity index (χ3n) is 6.37. The predicted octanol–water partition coefficient (Wildman–Crippen LogP) is 1.80. The lowest BCUT2D eigenvalue weighted by Gasteiger charge is -2.32. The van der Waals surface area contributed by atoms with Gasteiger partial charge in [-0.1, -0.05) is 49.4 Å². The SMILES string of the molecule is CC/C=C\[C@H]1OC(C)(C)O[C@@H]1C1=C(C)C(=O)[C@]2(O1)C(=O)N[C@@](OC)(C(=O)c1ccccc1)[C@@H]2O. The van der Waals surface area contributed by atoms with Crippen molar-refractivity contribution in [3.05, 3.63) is 59.4 Å². The molecule has 1 spiro atoms. The van der Waals surface area contributed by atoms with Gasteiger partial charge >= 0.3 is 0 Å². The van der Waals surface area contributed by atoms with E-state index < -0.39 is 52.9 Å². The van der Waals surface area contributed by atoms with Crippen molar-refractivity contribution >= 4 is 17.5 Å². The summed E-state index contributed by atoms with van der Waals surface area (Å²) in [6.45, 7) is 6.92. The highest BCUT2D eigenvalue weighted by atomic mass is 16.8. The number of Topliss-reactive ketones (excluding diaryl/α,β-unsaturated/α-hetero) is 2. The molecule has 0 aromatic heterocycles. The Hall–Kier alpha value is -2.85. The molecule has 3 heterocycles. The van der Waals surface area contributed by atoms with E-state index in [0.717, 1.165) is 6.42 Å². The number of methoxy groups -OCH3 is 1. The molecule has 3 aliphatic rings. The Morgan fingerprint density at radius 3 is 2.50 bits per heavy atom. The van der Waals surface area contributed by atoms with Crippen LogP contribution in [0.5, 0.6) is 0 Å². The molecular weight excluding hydrogens is 442 g/mol. The maximum absolute atomic E-state index is 13.5. The van der Waals surface area contributed by atoms with Gasteiger partial charge in [-0.2, -0.15) is 0 Å². The van der Waals surface area contributed by atoms with E-state index in [1.54, 1.807) is 32.0 Å². The molecule has 2 saturated heterocycles. The number of hydrogen-bond donors (Lipinski definition) is 2. The Kier molecular flexibility index (Phi) is 6.02. The van der Waals surface area contributed by atoms with Crippen LogP contribution in [0.3, 0.4) is 0 Å². The molecule has 9 nitrogen and oxygen atoms in total. The fourth-order valence-electron chi connectivity index (χ4n) is 4.67. The Morgan fingerprint density at radius 2 is 1.88 bits per heavy atom. The highest BCUT2D eigenvalue weighted by Crippen LogP contribution is 2.46. The Bertz CT molecular complexity index is 1080. The lowest BCUT2D eigenvalue weighted by molar-refractivity contribution is -0.166. The van der Waals surface area contributed by atoms with E-state index in [1.165, 1.54) is 26.2 Å². The first-order valence-electron chi connectivity index (χ1n) is 11.2. The van der Waals surface area contributed by atoms with Gasteiger partial charge in [0, 0.05) is 18.2 Å². The van der Waals surface area contributed by atoms with Crippen LogP contribution in [-0.4, -0.2) is 65.1 Å². The number of ether oxygens (including phenoxy) is 4. The molecule has 2 fully saturated rings. The number of carbonyl (C=O) groups is 3. The van der Waals surface area contributed by atoms with Crippen LogP contribution in [-0.2, 0) is 28.5 Å². The molecular formula is C25H29NO8. The number of rotatable bonds is 6. The second-order valence-electron chi connectivity index (χ2n) is 9.00. The third kappa shape index (κ3) is 3.42. The van der Waals surface area contributed by atoms with Crippen molar-refractivity contribution in [2.45, 2.75) is 69.5 Å². The van der Waals surface area contributed by atoms with Crippen molar-refractivity contribution in [1.29, 1.82) is 0 Å². The van der Waals surface area contributed by atoms with Crippen molar-refractivity contribution in [1.82, 2.24) is 5.32 Å². The zero-order valence-electron chi connectivity index (χ0n) is 19.8. The first-order chi connectivity index (χ1) is 16.0. The van der Waals surface area contributed by atoms with E-state index in [1.807, 2.05) is 19.1 Å². The number of nitrogens with one attached hydrogen (secondary N) is 1. The Labute approximate surface area is 197 Å². The van der Waals surface area contributed by atoms with E-state index >= 15 is 0 Å². The number of amides is 1. The molecule has 0 unspecified atom stereocenters. The molecule has 0 aliphatic carbocycles. The largest absolute Gasteiger partial charge is 0.467 e. The van der Waals surface area contributed by atoms with Crippen molar-refractivity contribution in [3.63, 3.8) is 0 Å². The van der Waals surface area contributed by atoms with Crippen molar-refractivity contribution in [2.75, 3.05) is 7.11 Å². The first-order valence-corrected chi connectivity index (χ1v) is 11.2. The predicted molar refractivity (Wildman–Crippen MR) is 119 cm³/mol. The summed E-state index contributed by atoms with van der Waals surface area (Å²) < 4.78 is 23.3. The average Bonchev–Trinajstić information content (AvgIpc) is 3.36.